The third kappa shape index (κ3) is 3.62. The topological polar surface area (TPSA) is 75.4 Å². The van der Waals surface area contributed by atoms with E-state index in [1.807, 2.05) is 0 Å². The van der Waals surface area contributed by atoms with E-state index in [-0.39, 0.29) is 0 Å². The summed E-state index contributed by atoms with van der Waals surface area (Å²) >= 11 is 1.19. The number of hydrogen-bond donors (Lipinski definition) is 2. The Labute approximate surface area is 118 Å². The number of piperidine rings is 1. The van der Waals surface area contributed by atoms with Crippen molar-refractivity contribution < 1.29 is 8.42 Å². The molecule has 7 heteroatoms. The second-order valence-electron chi connectivity index (χ2n) is 4.48. The van der Waals surface area contributed by atoms with Crippen molar-refractivity contribution in [1.29, 1.82) is 0 Å². The van der Waals surface area contributed by atoms with Gasteiger partial charge >= 0.3 is 0 Å². The number of rotatable bonds is 5. The summed E-state index contributed by atoms with van der Waals surface area (Å²) in [5, 5.41) is 8.41. The number of anilines is 1. The Balaban J connectivity index is 2.11. The monoisotopic (exact) mass is 301 g/mol. The molecule has 19 heavy (non-hydrogen) atoms. The normalized spacial score (nSPS) is 17.3. The minimum absolute atomic E-state index is 0.361. The van der Waals surface area contributed by atoms with Gasteiger partial charge in [0.05, 0.1) is 10.8 Å². The number of nitrogens with zero attached hydrogens (tertiary/aromatic N) is 1. The first-order valence-electron chi connectivity index (χ1n) is 6.30. The molecule has 1 aromatic rings. The molecule has 0 spiro atoms. The first-order chi connectivity index (χ1) is 9.14. The summed E-state index contributed by atoms with van der Waals surface area (Å²) < 4.78 is 26.4. The fraction of sp³-hybridized carbons (Fsp3) is 0.500. The van der Waals surface area contributed by atoms with Gasteiger partial charge in [0.25, 0.3) is 0 Å². The van der Waals surface area contributed by atoms with E-state index in [1.54, 1.807) is 28.6 Å². The fourth-order valence-corrected chi connectivity index (χ4v) is 3.89. The SMILES string of the molecule is NSCNc1ccc(S(=O)(=O)N2CCCCC2)cc1. The minimum Gasteiger partial charge on any atom is -0.375 e. The Bertz CT molecular complexity index is 496. The first kappa shape index (κ1) is 14.6. The van der Waals surface area contributed by atoms with E-state index in [1.165, 1.54) is 11.9 Å². The van der Waals surface area contributed by atoms with Crippen molar-refractivity contribution in [3.05, 3.63) is 24.3 Å². The lowest BCUT2D eigenvalue weighted by Crippen LogP contribution is -2.35. The zero-order valence-electron chi connectivity index (χ0n) is 10.7. The summed E-state index contributed by atoms with van der Waals surface area (Å²) in [7, 11) is -3.32. The predicted molar refractivity (Wildman–Crippen MR) is 79.3 cm³/mol. The quantitative estimate of drug-likeness (QED) is 0.641. The molecule has 3 N–H and O–H groups in total. The molecule has 1 aliphatic heterocycles. The highest BCUT2D eigenvalue weighted by Crippen LogP contribution is 2.21. The second kappa shape index (κ2) is 6.60. The summed E-state index contributed by atoms with van der Waals surface area (Å²) in [5.74, 6) is 0.595. The van der Waals surface area contributed by atoms with Crippen molar-refractivity contribution in [3.63, 3.8) is 0 Å². The summed E-state index contributed by atoms with van der Waals surface area (Å²) in [4.78, 5) is 0.361. The van der Waals surface area contributed by atoms with E-state index in [4.69, 9.17) is 5.14 Å². The van der Waals surface area contributed by atoms with Gasteiger partial charge in [0.1, 0.15) is 0 Å². The zero-order chi connectivity index (χ0) is 13.7. The van der Waals surface area contributed by atoms with Crippen molar-refractivity contribution in [2.75, 3.05) is 24.3 Å². The van der Waals surface area contributed by atoms with E-state index in [9.17, 15) is 8.42 Å². The molecule has 0 radical (unpaired) electrons. The fourth-order valence-electron chi connectivity index (χ4n) is 2.12. The van der Waals surface area contributed by atoms with Gasteiger partial charge in [0, 0.05) is 18.8 Å². The number of nitrogens with two attached hydrogens (primary N) is 1. The summed E-state index contributed by atoms with van der Waals surface area (Å²) in [6.07, 6.45) is 3.02. The molecule has 0 unspecified atom stereocenters. The summed E-state index contributed by atoms with van der Waals surface area (Å²) in [5.41, 5.74) is 0.871. The van der Waals surface area contributed by atoms with E-state index in [0.29, 0.717) is 23.9 Å². The predicted octanol–water partition coefficient (Wildman–Crippen LogP) is 1.84. The van der Waals surface area contributed by atoms with E-state index in [2.05, 4.69) is 5.32 Å². The van der Waals surface area contributed by atoms with Crippen molar-refractivity contribution in [2.45, 2.75) is 24.2 Å². The number of sulfonamides is 1. The van der Waals surface area contributed by atoms with Crippen molar-refractivity contribution in [3.8, 4) is 0 Å². The van der Waals surface area contributed by atoms with Crippen LogP contribution in [0, 0.1) is 0 Å². The van der Waals surface area contributed by atoms with Crippen LogP contribution in [0.2, 0.25) is 0 Å². The van der Waals surface area contributed by atoms with Crippen LogP contribution in [0.3, 0.4) is 0 Å². The lowest BCUT2D eigenvalue weighted by atomic mass is 10.2. The highest BCUT2D eigenvalue weighted by molar-refractivity contribution is 7.97. The Morgan fingerprint density at radius 3 is 2.37 bits per heavy atom. The van der Waals surface area contributed by atoms with Gasteiger partial charge in [-0.3, -0.25) is 5.14 Å². The maximum atomic E-state index is 12.4. The Morgan fingerprint density at radius 1 is 1.16 bits per heavy atom. The highest BCUT2D eigenvalue weighted by atomic mass is 32.2. The molecule has 0 saturated carbocycles. The van der Waals surface area contributed by atoms with Crippen LogP contribution in [-0.2, 0) is 10.0 Å². The molecule has 0 bridgehead atoms. The molecule has 0 aromatic heterocycles. The van der Waals surface area contributed by atoms with Gasteiger partial charge in [-0.25, -0.2) is 8.42 Å². The smallest absolute Gasteiger partial charge is 0.243 e. The lowest BCUT2D eigenvalue weighted by Gasteiger charge is -2.25. The van der Waals surface area contributed by atoms with Crippen LogP contribution < -0.4 is 10.5 Å². The molecule has 1 saturated heterocycles. The molecule has 1 fully saturated rings. The molecular weight excluding hydrogens is 282 g/mol. The highest BCUT2D eigenvalue weighted by Gasteiger charge is 2.25. The molecule has 1 aromatic carbocycles. The van der Waals surface area contributed by atoms with Gasteiger partial charge in [-0.1, -0.05) is 18.4 Å². The number of nitrogens with one attached hydrogen (secondary N) is 1. The van der Waals surface area contributed by atoms with Crippen molar-refractivity contribution in [2.24, 2.45) is 5.14 Å². The average Bonchev–Trinajstić information content (AvgIpc) is 2.46. The van der Waals surface area contributed by atoms with Gasteiger partial charge in [0.2, 0.25) is 10.0 Å². The third-order valence-electron chi connectivity index (χ3n) is 3.17. The minimum atomic E-state index is -3.32. The Hall–Kier alpha value is -0.760. The molecule has 1 aliphatic rings. The first-order valence-corrected chi connectivity index (χ1v) is 8.79. The molecule has 1 heterocycles. The van der Waals surface area contributed by atoms with Crippen LogP contribution in [0.1, 0.15) is 19.3 Å². The standard InChI is InChI=1S/C12H19N3O2S2/c13-18-10-14-11-4-6-12(7-5-11)19(16,17)15-8-2-1-3-9-15/h4-7,14H,1-3,8-10,13H2. The van der Waals surface area contributed by atoms with Gasteiger partial charge in [-0.2, -0.15) is 4.31 Å². The Kier molecular flexibility index (Phi) is 5.09. The summed E-state index contributed by atoms with van der Waals surface area (Å²) in [6, 6.07) is 6.83. The van der Waals surface area contributed by atoms with Gasteiger partial charge in [0.15, 0.2) is 0 Å². The van der Waals surface area contributed by atoms with Crippen LogP contribution in [0.15, 0.2) is 29.2 Å². The summed E-state index contributed by atoms with van der Waals surface area (Å²) in [6.45, 7) is 1.26. The average molecular weight is 301 g/mol. The molecule has 2 rings (SSSR count). The van der Waals surface area contributed by atoms with Crippen LogP contribution in [0.4, 0.5) is 5.69 Å². The maximum Gasteiger partial charge on any atom is 0.243 e. The zero-order valence-corrected chi connectivity index (χ0v) is 12.3. The molecule has 106 valence electrons. The van der Waals surface area contributed by atoms with Crippen LogP contribution in [-0.4, -0.2) is 31.7 Å². The van der Waals surface area contributed by atoms with Crippen molar-refractivity contribution in [1.82, 2.24) is 4.31 Å². The molecule has 0 amide bonds. The second-order valence-corrected chi connectivity index (χ2v) is 7.04. The van der Waals surface area contributed by atoms with E-state index in [0.717, 1.165) is 24.9 Å². The molecule has 0 atom stereocenters. The van der Waals surface area contributed by atoms with Crippen LogP contribution >= 0.6 is 11.9 Å². The molecule has 0 aliphatic carbocycles. The number of hydrogen-bond acceptors (Lipinski definition) is 5. The Morgan fingerprint density at radius 2 is 1.79 bits per heavy atom. The van der Waals surface area contributed by atoms with E-state index < -0.39 is 10.0 Å². The maximum absolute atomic E-state index is 12.4. The third-order valence-corrected chi connectivity index (χ3v) is 5.39. The molecule has 5 nitrogen and oxygen atoms in total. The van der Waals surface area contributed by atoms with Gasteiger partial charge in [-0.05, 0) is 37.1 Å². The van der Waals surface area contributed by atoms with E-state index >= 15 is 0 Å². The largest absolute Gasteiger partial charge is 0.375 e. The van der Waals surface area contributed by atoms with Crippen molar-refractivity contribution >= 4 is 27.7 Å². The van der Waals surface area contributed by atoms with Crippen LogP contribution in [0.5, 0.6) is 0 Å². The lowest BCUT2D eigenvalue weighted by molar-refractivity contribution is 0.346. The van der Waals surface area contributed by atoms with Crippen LogP contribution in [0.25, 0.3) is 0 Å². The van der Waals surface area contributed by atoms with Gasteiger partial charge in [-0.15, -0.1) is 0 Å². The van der Waals surface area contributed by atoms with Gasteiger partial charge < -0.3 is 5.32 Å². The molecular formula is C12H19N3O2S2. The number of benzene rings is 1.